The van der Waals surface area contributed by atoms with Crippen LogP contribution in [-0.2, 0) is 35.1 Å². The first-order chi connectivity index (χ1) is 19.6. The molecule has 0 aromatic heterocycles. The summed E-state index contributed by atoms with van der Waals surface area (Å²) in [6.45, 7) is 0.823. The van der Waals surface area contributed by atoms with E-state index in [1.807, 2.05) is 12.1 Å². The van der Waals surface area contributed by atoms with Crippen LogP contribution in [0.5, 0.6) is 0 Å². The Kier molecular flexibility index (Phi) is 11.7. The maximum atomic E-state index is 13.9. The Morgan fingerprint density at radius 1 is 1.17 bits per heavy atom. The number of nitrogens with two attached hydrogens (primary N) is 1. The summed E-state index contributed by atoms with van der Waals surface area (Å²) in [5, 5.41) is 13.0. The number of benzene rings is 1. The number of esters is 1. The van der Waals surface area contributed by atoms with E-state index < -0.39 is 35.2 Å². The van der Waals surface area contributed by atoms with Crippen LogP contribution in [0.15, 0.2) is 24.3 Å². The van der Waals surface area contributed by atoms with Crippen LogP contribution in [0, 0.1) is 11.3 Å². The summed E-state index contributed by atoms with van der Waals surface area (Å²) < 4.78 is 4.81. The standard InChI is InChI=1S/C30H44N4O7/c1-33(17-9-3-8-16-31)25(35)18-22(28(38)39)19-30(14-6-7-15-30)29(40)32-23-13-12-21-10-4-5-11-24(21)34(27(23)37)20-26(36)41-2/h4-5,10-11,22-23H,3,6-9,12-20,31H2,1-2H3,(H,32,40)(H,38,39). The molecule has 1 saturated carbocycles. The first-order valence-electron chi connectivity index (χ1n) is 14.6. The molecule has 1 aliphatic carbocycles. The van der Waals surface area contributed by atoms with Gasteiger partial charge in [0.1, 0.15) is 12.6 Å². The Morgan fingerprint density at radius 3 is 2.54 bits per heavy atom. The van der Waals surface area contributed by atoms with Crippen molar-refractivity contribution < 1.29 is 33.8 Å². The molecular formula is C30H44N4O7. The summed E-state index contributed by atoms with van der Waals surface area (Å²) in [6, 6.07) is 6.41. The number of anilines is 1. The number of amides is 3. The number of rotatable bonds is 14. The quantitative estimate of drug-likeness (QED) is 0.226. The fourth-order valence-corrected chi connectivity index (χ4v) is 5.97. The van der Waals surface area contributed by atoms with E-state index in [0.717, 1.165) is 37.7 Å². The lowest BCUT2D eigenvalue weighted by molar-refractivity contribution is -0.148. The zero-order valence-corrected chi connectivity index (χ0v) is 24.2. The molecule has 226 valence electrons. The topological polar surface area (TPSA) is 159 Å². The third-order valence-corrected chi connectivity index (χ3v) is 8.44. The van der Waals surface area contributed by atoms with Crippen molar-refractivity contribution >= 4 is 35.3 Å². The normalized spacial score (nSPS) is 18.7. The first kappa shape index (κ1) is 32.0. The smallest absolute Gasteiger partial charge is 0.325 e. The maximum Gasteiger partial charge on any atom is 0.325 e. The molecule has 2 aliphatic rings. The number of carboxylic acids is 1. The largest absolute Gasteiger partial charge is 0.481 e. The molecule has 0 saturated heterocycles. The van der Waals surface area contributed by atoms with Crippen molar-refractivity contribution in [2.45, 2.75) is 76.7 Å². The maximum absolute atomic E-state index is 13.9. The Labute approximate surface area is 241 Å². The van der Waals surface area contributed by atoms with E-state index in [1.54, 1.807) is 24.1 Å². The van der Waals surface area contributed by atoms with Gasteiger partial charge in [-0.15, -0.1) is 0 Å². The molecular weight excluding hydrogens is 528 g/mol. The third kappa shape index (κ3) is 8.28. The molecule has 1 heterocycles. The van der Waals surface area contributed by atoms with Gasteiger partial charge >= 0.3 is 11.9 Å². The van der Waals surface area contributed by atoms with E-state index in [4.69, 9.17) is 10.5 Å². The monoisotopic (exact) mass is 572 g/mol. The molecule has 2 atom stereocenters. The number of carbonyl (C=O) groups is 5. The molecule has 1 fully saturated rings. The average molecular weight is 573 g/mol. The van der Waals surface area contributed by atoms with Crippen LogP contribution >= 0.6 is 0 Å². The average Bonchev–Trinajstić information content (AvgIpc) is 3.40. The molecule has 0 spiro atoms. The number of methoxy groups -OCH3 is 1. The molecule has 3 amide bonds. The van der Waals surface area contributed by atoms with Crippen molar-refractivity contribution in [3.8, 4) is 0 Å². The second-order valence-electron chi connectivity index (χ2n) is 11.3. The molecule has 1 aromatic carbocycles. The van der Waals surface area contributed by atoms with Crippen LogP contribution in [0.25, 0.3) is 0 Å². The van der Waals surface area contributed by atoms with Gasteiger partial charge in [0.15, 0.2) is 0 Å². The number of para-hydroxylation sites is 1. The number of ether oxygens (including phenoxy) is 1. The highest BCUT2D eigenvalue weighted by Gasteiger charge is 2.46. The van der Waals surface area contributed by atoms with Crippen LogP contribution in [-0.4, -0.2) is 79.5 Å². The van der Waals surface area contributed by atoms with E-state index in [1.165, 1.54) is 12.0 Å². The molecule has 11 nitrogen and oxygen atoms in total. The molecule has 3 rings (SSSR count). The molecule has 0 bridgehead atoms. The lowest BCUT2D eigenvalue weighted by Gasteiger charge is -2.33. The molecule has 1 aliphatic heterocycles. The predicted octanol–water partition coefficient (Wildman–Crippen LogP) is 2.25. The number of carbonyl (C=O) groups excluding carboxylic acids is 4. The van der Waals surface area contributed by atoms with Gasteiger partial charge in [-0.25, -0.2) is 0 Å². The summed E-state index contributed by atoms with van der Waals surface area (Å²) in [4.78, 5) is 67.7. The fraction of sp³-hybridized carbons (Fsp3) is 0.633. The van der Waals surface area contributed by atoms with Crippen molar-refractivity contribution in [3.05, 3.63) is 29.8 Å². The van der Waals surface area contributed by atoms with Gasteiger partial charge in [0.05, 0.1) is 18.4 Å². The van der Waals surface area contributed by atoms with E-state index >= 15 is 0 Å². The number of aliphatic carboxylic acids is 1. The molecule has 1 aromatic rings. The lowest BCUT2D eigenvalue weighted by Crippen LogP contribution is -2.53. The van der Waals surface area contributed by atoms with E-state index in [2.05, 4.69) is 5.32 Å². The van der Waals surface area contributed by atoms with Gasteiger partial charge in [-0.05, 0) is 63.1 Å². The van der Waals surface area contributed by atoms with E-state index in [9.17, 15) is 29.1 Å². The van der Waals surface area contributed by atoms with Crippen LogP contribution in [0.4, 0.5) is 5.69 Å². The minimum atomic E-state index is -1.11. The number of unbranched alkanes of at least 4 members (excludes halogenated alkanes) is 2. The number of aryl methyl sites for hydroxylation is 1. The Morgan fingerprint density at radius 2 is 1.88 bits per heavy atom. The Balaban J connectivity index is 1.74. The fourth-order valence-electron chi connectivity index (χ4n) is 5.97. The number of nitrogens with zero attached hydrogens (tertiary/aromatic N) is 2. The van der Waals surface area contributed by atoms with Crippen LogP contribution in [0.2, 0.25) is 0 Å². The number of carboxylic acid groups (broad SMARTS) is 1. The van der Waals surface area contributed by atoms with Crippen molar-refractivity contribution in [2.75, 3.05) is 38.7 Å². The number of nitrogens with one attached hydrogen (secondary N) is 1. The summed E-state index contributed by atoms with van der Waals surface area (Å²) in [7, 11) is 2.92. The van der Waals surface area contributed by atoms with Gasteiger partial charge < -0.3 is 25.8 Å². The molecule has 4 N–H and O–H groups in total. The molecule has 11 heteroatoms. The van der Waals surface area contributed by atoms with Crippen molar-refractivity contribution in [3.63, 3.8) is 0 Å². The highest BCUT2D eigenvalue weighted by molar-refractivity contribution is 6.03. The Bertz CT molecular complexity index is 1100. The third-order valence-electron chi connectivity index (χ3n) is 8.44. The van der Waals surface area contributed by atoms with Gasteiger partial charge in [-0.1, -0.05) is 37.5 Å². The summed E-state index contributed by atoms with van der Waals surface area (Å²) in [5.41, 5.74) is 6.02. The van der Waals surface area contributed by atoms with Crippen LogP contribution in [0.3, 0.4) is 0 Å². The number of hydrogen-bond acceptors (Lipinski definition) is 7. The molecule has 2 unspecified atom stereocenters. The van der Waals surface area contributed by atoms with Gasteiger partial charge in [0.25, 0.3) is 0 Å². The highest BCUT2D eigenvalue weighted by Crippen LogP contribution is 2.44. The lowest BCUT2D eigenvalue weighted by atomic mass is 9.75. The summed E-state index contributed by atoms with van der Waals surface area (Å²) in [5.74, 6) is -3.77. The minimum absolute atomic E-state index is 0.0218. The first-order valence-corrected chi connectivity index (χ1v) is 14.6. The second kappa shape index (κ2) is 15.0. The number of hydrogen-bond donors (Lipinski definition) is 3. The van der Waals surface area contributed by atoms with Gasteiger partial charge in [0.2, 0.25) is 17.7 Å². The van der Waals surface area contributed by atoms with Crippen LogP contribution in [0.1, 0.15) is 69.8 Å². The molecule has 41 heavy (non-hydrogen) atoms. The summed E-state index contributed by atoms with van der Waals surface area (Å²) in [6.07, 6.45) is 5.71. The van der Waals surface area contributed by atoms with E-state index in [0.29, 0.717) is 44.5 Å². The van der Waals surface area contributed by atoms with Crippen LogP contribution < -0.4 is 16.0 Å². The van der Waals surface area contributed by atoms with Crippen molar-refractivity contribution in [1.29, 1.82) is 0 Å². The predicted molar refractivity (Wildman–Crippen MR) is 153 cm³/mol. The van der Waals surface area contributed by atoms with Gasteiger partial charge in [-0.3, -0.25) is 28.9 Å². The Hall–Kier alpha value is -3.47. The zero-order valence-electron chi connectivity index (χ0n) is 24.2. The summed E-state index contributed by atoms with van der Waals surface area (Å²) >= 11 is 0. The number of fused-ring (bicyclic) bond motifs is 1. The van der Waals surface area contributed by atoms with E-state index in [-0.39, 0.29) is 31.2 Å². The zero-order chi connectivity index (χ0) is 30.0. The SMILES string of the molecule is COC(=O)CN1C(=O)C(NC(=O)C2(CC(CC(=O)N(C)CCCCCN)C(=O)O)CCCC2)CCc2ccccc21. The van der Waals surface area contributed by atoms with Gasteiger partial charge in [0, 0.05) is 25.7 Å². The van der Waals surface area contributed by atoms with Gasteiger partial charge in [-0.2, -0.15) is 0 Å². The van der Waals surface area contributed by atoms with Crippen molar-refractivity contribution in [2.24, 2.45) is 17.1 Å². The molecule has 0 radical (unpaired) electrons. The van der Waals surface area contributed by atoms with Crippen molar-refractivity contribution in [1.82, 2.24) is 10.2 Å². The second-order valence-corrected chi connectivity index (χ2v) is 11.3. The highest BCUT2D eigenvalue weighted by atomic mass is 16.5. The minimum Gasteiger partial charge on any atom is -0.481 e.